The molecule has 2 aliphatic rings. The fraction of sp³-hybridized carbons (Fsp3) is 0.194. The zero-order valence-corrected chi connectivity index (χ0v) is 27.6. The Morgan fingerprint density at radius 1 is 0.709 bits per heavy atom. The molecule has 2 amide bonds. The second-order valence-corrected chi connectivity index (χ2v) is 11.0. The van der Waals surface area contributed by atoms with Gasteiger partial charge in [-0.15, -0.1) is 17.6 Å². The van der Waals surface area contributed by atoms with E-state index in [-0.39, 0.29) is 61.6 Å². The van der Waals surface area contributed by atoms with E-state index in [0.29, 0.717) is 38.9 Å². The van der Waals surface area contributed by atoms with Gasteiger partial charge in [0.2, 0.25) is 11.9 Å². The molecule has 4 heterocycles. The van der Waals surface area contributed by atoms with E-state index < -0.39 is 12.6 Å². The molecule has 6 aromatic rings. The van der Waals surface area contributed by atoms with Crippen molar-refractivity contribution >= 4 is 63.4 Å². The predicted molar refractivity (Wildman–Crippen MR) is 197 cm³/mol. The summed E-state index contributed by atoms with van der Waals surface area (Å²) >= 11 is 0. The summed E-state index contributed by atoms with van der Waals surface area (Å²) in [6, 6.07) is 18.6. The van der Waals surface area contributed by atoms with E-state index in [2.05, 4.69) is 54.8 Å². The predicted octanol–water partition coefficient (Wildman–Crippen LogP) is 7.76. The summed E-state index contributed by atoms with van der Waals surface area (Å²) in [5.41, 5.74) is 9.45. The van der Waals surface area contributed by atoms with Crippen molar-refractivity contribution in [3.63, 3.8) is 0 Å². The third-order valence-electron chi connectivity index (χ3n) is 7.17. The van der Waals surface area contributed by atoms with E-state index >= 15 is 0 Å². The van der Waals surface area contributed by atoms with Crippen LogP contribution in [0.2, 0.25) is 0 Å². The number of aromatic nitrogens is 4. The van der Waals surface area contributed by atoms with Crippen LogP contribution in [-0.2, 0) is 4.79 Å². The van der Waals surface area contributed by atoms with Crippen molar-refractivity contribution < 1.29 is 50.9 Å². The second kappa shape index (κ2) is 16.3. The standard InChI is InChI=1S/C17H14F2N4O3.C15H10F2N4O3.C2H4O.2CH4/c1-2-20-10-5-3-9(4-6-10)15(24)23-16-21-11-7-13-14(8-12(11)22-16)26-17(18,19)25-13;16-15(17)23-11-5-9-10(6-12(11)24-15)20-14(19-9)21-13(22)7-1-3-8(18)4-2-7;1-2-3;;/h3-8,20H,2H2,1H3,(H2,21,22,23,24);1-6H,18H2,(H2,19,20,21,22);2H,1H3;2*1H4. The SMILES string of the molecule is C.C.CC=O.CCNc1ccc(C(=O)Nc2nc3cc4c(cc3[nH]2)OC(F)(F)O4)cc1.Nc1ccc(C(=O)Nc2nc3cc4c(cc3[nH]2)OC(F)(F)O4)cc1. The van der Waals surface area contributed by atoms with Gasteiger partial charge in [-0.2, -0.15) is 0 Å². The molecule has 0 radical (unpaired) electrons. The molecular weight excluding hydrogens is 732 g/mol. The van der Waals surface area contributed by atoms with E-state index in [1.807, 2.05) is 6.92 Å². The number of halogens is 4. The maximum atomic E-state index is 13.1. The fourth-order valence-corrected chi connectivity index (χ4v) is 4.96. The van der Waals surface area contributed by atoms with Crippen molar-refractivity contribution in [2.24, 2.45) is 0 Å². The fourth-order valence-electron chi connectivity index (χ4n) is 4.96. The Morgan fingerprint density at radius 3 is 1.45 bits per heavy atom. The van der Waals surface area contributed by atoms with E-state index in [0.717, 1.165) is 18.5 Å². The first-order chi connectivity index (χ1) is 25.2. The smallest absolute Gasteiger partial charge is 0.399 e. The molecule has 4 aromatic carbocycles. The molecule has 0 bridgehead atoms. The van der Waals surface area contributed by atoms with Crippen LogP contribution in [0.5, 0.6) is 23.0 Å². The van der Waals surface area contributed by atoms with Gasteiger partial charge in [0.15, 0.2) is 23.0 Å². The Balaban J connectivity index is 0.000000221. The lowest BCUT2D eigenvalue weighted by Crippen LogP contribution is -2.25. The van der Waals surface area contributed by atoms with Crippen molar-refractivity contribution in [1.82, 2.24) is 19.9 Å². The van der Waals surface area contributed by atoms with Gasteiger partial charge in [-0.05, 0) is 62.4 Å². The number of hydrogen-bond donors (Lipinski definition) is 6. The number of hydrogen-bond acceptors (Lipinski definition) is 11. The third kappa shape index (κ3) is 9.50. The number of amides is 2. The number of carbonyl (C=O) groups is 3. The van der Waals surface area contributed by atoms with Crippen molar-refractivity contribution in [2.75, 3.05) is 28.2 Å². The van der Waals surface area contributed by atoms with Gasteiger partial charge < -0.3 is 44.8 Å². The van der Waals surface area contributed by atoms with Gasteiger partial charge in [-0.1, -0.05) is 14.9 Å². The number of nitrogen functional groups attached to an aromatic ring is 1. The number of fused-ring (bicyclic) bond motifs is 4. The van der Waals surface area contributed by atoms with Crippen LogP contribution in [0.1, 0.15) is 49.4 Å². The Morgan fingerprint density at radius 2 is 1.07 bits per heavy atom. The molecule has 0 unspecified atom stereocenters. The van der Waals surface area contributed by atoms with Gasteiger partial charge >= 0.3 is 12.6 Å². The van der Waals surface area contributed by atoms with Gasteiger partial charge in [0.05, 0.1) is 22.1 Å². The van der Waals surface area contributed by atoms with E-state index in [4.69, 9.17) is 10.5 Å². The molecule has 0 spiro atoms. The molecule has 0 fully saturated rings. The number of anilines is 4. The molecule has 19 heteroatoms. The first-order valence-electron chi connectivity index (χ1n) is 15.6. The average Bonchev–Trinajstić information content (AvgIpc) is 3.83. The summed E-state index contributed by atoms with van der Waals surface area (Å²) in [5, 5.41) is 8.36. The molecule has 0 saturated carbocycles. The number of alkyl halides is 4. The van der Waals surface area contributed by atoms with Crippen LogP contribution in [0, 0.1) is 0 Å². The normalized spacial score (nSPS) is 13.5. The minimum absolute atomic E-state index is 0. The first kappa shape index (κ1) is 40.7. The summed E-state index contributed by atoms with van der Waals surface area (Å²) in [4.78, 5) is 47.2. The molecule has 15 nitrogen and oxygen atoms in total. The van der Waals surface area contributed by atoms with Crippen LogP contribution in [0.25, 0.3) is 22.1 Å². The number of rotatable bonds is 6. The number of aldehydes is 1. The van der Waals surface area contributed by atoms with Gasteiger partial charge in [-0.25, -0.2) is 9.97 Å². The molecule has 2 aromatic heterocycles. The maximum absolute atomic E-state index is 13.1. The minimum Gasteiger partial charge on any atom is -0.399 e. The average molecular weight is 769 g/mol. The van der Waals surface area contributed by atoms with Gasteiger partial charge in [-0.3, -0.25) is 20.2 Å². The third-order valence-corrected chi connectivity index (χ3v) is 7.17. The van der Waals surface area contributed by atoms with Crippen LogP contribution in [-0.4, -0.2) is 57.2 Å². The highest BCUT2D eigenvalue weighted by atomic mass is 19.3. The lowest BCUT2D eigenvalue weighted by Gasteiger charge is -2.05. The summed E-state index contributed by atoms with van der Waals surface area (Å²) < 4.78 is 69.7. The molecule has 55 heavy (non-hydrogen) atoms. The highest BCUT2D eigenvalue weighted by Crippen LogP contribution is 2.44. The van der Waals surface area contributed by atoms with E-state index in [1.54, 1.807) is 48.5 Å². The number of nitrogens with zero attached hydrogens (tertiary/aromatic N) is 2. The molecule has 2 aliphatic heterocycles. The lowest BCUT2D eigenvalue weighted by atomic mass is 10.2. The molecule has 8 rings (SSSR count). The van der Waals surface area contributed by atoms with E-state index in [1.165, 1.54) is 31.2 Å². The summed E-state index contributed by atoms with van der Waals surface area (Å²) in [7, 11) is 0. The quantitative estimate of drug-likeness (QED) is 0.0548. The van der Waals surface area contributed by atoms with Gasteiger partial charge in [0.25, 0.3) is 11.8 Å². The summed E-state index contributed by atoms with van der Waals surface area (Å²) in [5.74, 6) is -0.797. The number of ether oxygens (including phenoxy) is 4. The Kier molecular flexibility index (Phi) is 12.1. The van der Waals surface area contributed by atoms with Gasteiger partial charge in [0.1, 0.15) is 6.29 Å². The molecule has 0 saturated heterocycles. The van der Waals surface area contributed by atoms with Crippen LogP contribution < -0.4 is 40.6 Å². The number of H-pyrrole nitrogens is 2. The first-order valence-corrected chi connectivity index (χ1v) is 15.6. The Bertz CT molecular complexity index is 2220. The molecule has 0 atom stereocenters. The zero-order chi connectivity index (χ0) is 37.9. The van der Waals surface area contributed by atoms with Crippen molar-refractivity contribution in [2.45, 2.75) is 41.3 Å². The number of imidazole rings is 2. The minimum atomic E-state index is -3.69. The maximum Gasteiger partial charge on any atom is 0.586 e. The number of benzene rings is 4. The van der Waals surface area contributed by atoms with Crippen LogP contribution in [0.15, 0.2) is 72.8 Å². The summed E-state index contributed by atoms with van der Waals surface area (Å²) in [6.07, 6.45) is -6.62. The van der Waals surface area contributed by atoms with Crippen molar-refractivity contribution in [3.05, 3.63) is 83.9 Å². The molecular formula is C36H36F4N8O7. The Labute approximate surface area is 310 Å². The number of nitrogens with two attached hydrogens (primary N) is 1. The Hall–Kier alpha value is -7.05. The number of nitrogens with one attached hydrogen (secondary N) is 5. The number of carbonyl (C=O) groups excluding carboxylic acids is 3. The highest BCUT2D eigenvalue weighted by molar-refractivity contribution is 6.05. The number of aromatic amines is 2. The van der Waals surface area contributed by atoms with Crippen molar-refractivity contribution in [1.29, 1.82) is 0 Å². The molecule has 7 N–H and O–H groups in total. The monoisotopic (exact) mass is 768 g/mol. The zero-order valence-electron chi connectivity index (χ0n) is 27.6. The largest absolute Gasteiger partial charge is 0.586 e. The van der Waals surface area contributed by atoms with Crippen LogP contribution in [0.4, 0.5) is 40.8 Å². The summed E-state index contributed by atoms with van der Waals surface area (Å²) in [6.45, 7) is 4.21. The van der Waals surface area contributed by atoms with Crippen molar-refractivity contribution in [3.8, 4) is 23.0 Å². The van der Waals surface area contributed by atoms with E-state index in [9.17, 15) is 27.2 Å². The van der Waals surface area contributed by atoms with Crippen LogP contribution in [0.3, 0.4) is 0 Å². The topological polar surface area (TPSA) is 208 Å². The lowest BCUT2D eigenvalue weighted by molar-refractivity contribution is -0.287. The van der Waals surface area contributed by atoms with Gasteiger partial charge in [0, 0.05) is 53.3 Å². The highest BCUT2D eigenvalue weighted by Gasteiger charge is 2.44. The second-order valence-electron chi connectivity index (χ2n) is 11.0. The molecule has 0 aliphatic carbocycles. The molecule has 290 valence electrons. The van der Waals surface area contributed by atoms with Crippen LogP contribution >= 0.6 is 0 Å².